The molecular weight excluding hydrogens is 342 g/mol. The number of nitrogens with zero attached hydrogens (tertiary/aromatic N) is 3. The van der Waals surface area contributed by atoms with E-state index in [-0.39, 0.29) is 17.2 Å². The Bertz CT molecular complexity index is 937. The Hall–Kier alpha value is -2.40. The number of carbonyl (C=O) groups is 1. The Morgan fingerprint density at radius 1 is 1.08 bits per heavy atom. The summed E-state index contributed by atoms with van der Waals surface area (Å²) in [6.45, 7) is 1.91. The van der Waals surface area contributed by atoms with Gasteiger partial charge < -0.3 is 0 Å². The molecule has 2 aromatic rings. The van der Waals surface area contributed by atoms with Gasteiger partial charge in [0, 0.05) is 11.5 Å². The Morgan fingerprint density at radius 2 is 1.85 bits per heavy atom. The van der Waals surface area contributed by atoms with Crippen molar-refractivity contribution in [3.8, 4) is 0 Å². The maximum atomic E-state index is 12.0. The van der Waals surface area contributed by atoms with E-state index in [0.717, 1.165) is 23.7 Å². The number of hydrazone groups is 1. The Kier molecular flexibility index (Phi) is 3.71. The minimum atomic E-state index is -0.128. The molecule has 1 amide bonds. The Balaban J connectivity index is 1.63. The fraction of sp³-hybridized carbons (Fsp3) is 0.286. The summed E-state index contributed by atoms with van der Waals surface area (Å²) in [5.41, 5.74) is 4.97. The van der Waals surface area contributed by atoms with Gasteiger partial charge in [0.25, 0.3) is 5.91 Å². The Morgan fingerprint density at radius 3 is 2.62 bits per heavy atom. The second kappa shape index (κ2) is 6.09. The van der Waals surface area contributed by atoms with E-state index in [4.69, 9.17) is 5.10 Å². The first-order valence-corrected chi connectivity index (χ1v) is 9.90. The first-order chi connectivity index (χ1) is 12.7. The highest BCUT2D eigenvalue weighted by Crippen LogP contribution is 2.45. The van der Waals surface area contributed by atoms with Crippen molar-refractivity contribution >= 4 is 28.5 Å². The maximum absolute atomic E-state index is 12.0. The van der Waals surface area contributed by atoms with E-state index in [1.165, 1.54) is 28.5 Å². The third-order valence-corrected chi connectivity index (χ3v) is 6.45. The van der Waals surface area contributed by atoms with Crippen LogP contribution < -0.4 is 0 Å². The van der Waals surface area contributed by atoms with E-state index in [0.29, 0.717) is 5.92 Å². The summed E-state index contributed by atoms with van der Waals surface area (Å²) in [5, 5.41) is 7.61. The van der Waals surface area contributed by atoms with Gasteiger partial charge in [-0.3, -0.25) is 4.79 Å². The fourth-order valence-electron chi connectivity index (χ4n) is 4.13. The Labute approximate surface area is 157 Å². The molecule has 0 saturated heterocycles. The molecular formula is C21H19N3OS. The molecule has 0 N–H and O–H groups in total. The molecule has 2 aliphatic heterocycles. The molecule has 3 aliphatic rings. The molecule has 0 saturated carbocycles. The molecule has 4 nitrogen and oxygen atoms in total. The summed E-state index contributed by atoms with van der Waals surface area (Å²) in [6.07, 6.45) is 2.12. The van der Waals surface area contributed by atoms with Crippen LogP contribution in [0.1, 0.15) is 36.1 Å². The predicted octanol–water partition coefficient (Wildman–Crippen LogP) is 4.03. The SMILES string of the molecule is CC1SC(N2N=C3c4ccccc4CC[C@H]3[C@H]2c2ccccc2)=NC1=O. The van der Waals surface area contributed by atoms with Crippen LogP contribution >= 0.6 is 11.8 Å². The number of carbonyl (C=O) groups excluding carboxylic acids is 1. The first kappa shape index (κ1) is 15.8. The molecule has 0 spiro atoms. The maximum Gasteiger partial charge on any atom is 0.261 e. The van der Waals surface area contributed by atoms with Crippen LogP contribution in [0, 0.1) is 5.92 Å². The third kappa shape index (κ3) is 2.42. The number of aryl methyl sites for hydroxylation is 1. The van der Waals surface area contributed by atoms with Crippen LogP contribution in [-0.2, 0) is 11.2 Å². The standard InChI is InChI=1S/C21H19N3OS/c1-13-20(25)22-21(26-13)24-19(15-8-3-2-4-9-15)17-12-11-14-7-5-6-10-16(14)18(17)23-24/h2-10,13,17,19H,11-12H2,1H3/t13?,17-,19-/m1/s1. The summed E-state index contributed by atoms with van der Waals surface area (Å²) in [7, 11) is 0. The summed E-state index contributed by atoms with van der Waals surface area (Å²) < 4.78 is 0. The summed E-state index contributed by atoms with van der Waals surface area (Å²) in [5.74, 6) is 0.258. The first-order valence-electron chi connectivity index (χ1n) is 9.02. The molecule has 0 fully saturated rings. The zero-order valence-electron chi connectivity index (χ0n) is 14.5. The molecule has 2 heterocycles. The van der Waals surface area contributed by atoms with Crippen LogP contribution in [0.2, 0.25) is 0 Å². The molecule has 3 atom stereocenters. The van der Waals surface area contributed by atoms with Gasteiger partial charge >= 0.3 is 0 Å². The number of thioether (sulfide) groups is 1. The number of amidine groups is 1. The second-order valence-electron chi connectivity index (χ2n) is 6.98. The minimum Gasteiger partial charge on any atom is -0.271 e. The number of hydrogen-bond donors (Lipinski definition) is 0. The van der Waals surface area contributed by atoms with E-state index >= 15 is 0 Å². The molecule has 5 heteroatoms. The molecule has 26 heavy (non-hydrogen) atoms. The van der Waals surface area contributed by atoms with Crippen molar-refractivity contribution in [3.63, 3.8) is 0 Å². The lowest BCUT2D eigenvalue weighted by Gasteiger charge is -2.30. The van der Waals surface area contributed by atoms with Crippen molar-refractivity contribution in [1.82, 2.24) is 5.01 Å². The highest BCUT2D eigenvalue weighted by Gasteiger charge is 2.44. The number of aliphatic imine (C=N–C) groups is 1. The van der Waals surface area contributed by atoms with Crippen LogP contribution in [0.3, 0.4) is 0 Å². The van der Waals surface area contributed by atoms with Gasteiger partial charge in [-0.1, -0.05) is 66.4 Å². The van der Waals surface area contributed by atoms with Crippen molar-refractivity contribution in [2.45, 2.75) is 31.1 Å². The monoisotopic (exact) mass is 361 g/mol. The number of hydrogen-bond acceptors (Lipinski definition) is 4. The highest BCUT2D eigenvalue weighted by molar-refractivity contribution is 8.15. The van der Waals surface area contributed by atoms with Crippen molar-refractivity contribution < 1.29 is 4.79 Å². The molecule has 0 bridgehead atoms. The van der Waals surface area contributed by atoms with Crippen molar-refractivity contribution in [2.24, 2.45) is 16.0 Å². The average Bonchev–Trinajstić information content (AvgIpc) is 3.23. The zero-order chi connectivity index (χ0) is 17.7. The van der Waals surface area contributed by atoms with E-state index in [1.807, 2.05) is 18.0 Å². The number of amides is 1. The van der Waals surface area contributed by atoms with Gasteiger partial charge in [0.15, 0.2) is 5.17 Å². The van der Waals surface area contributed by atoms with Crippen LogP contribution in [0.15, 0.2) is 64.7 Å². The molecule has 0 aromatic heterocycles. The van der Waals surface area contributed by atoms with Crippen LogP contribution in [0.25, 0.3) is 0 Å². The lowest BCUT2D eigenvalue weighted by Crippen LogP contribution is -2.30. The van der Waals surface area contributed by atoms with Crippen LogP contribution in [-0.4, -0.2) is 27.0 Å². The molecule has 5 rings (SSSR count). The quantitative estimate of drug-likeness (QED) is 0.770. The van der Waals surface area contributed by atoms with E-state index in [2.05, 4.69) is 53.5 Å². The van der Waals surface area contributed by atoms with Crippen molar-refractivity contribution in [1.29, 1.82) is 0 Å². The predicted molar refractivity (Wildman–Crippen MR) is 105 cm³/mol. The van der Waals surface area contributed by atoms with Gasteiger partial charge in [-0.05, 0) is 30.9 Å². The topological polar surface area (TPSA) is 45.0 Å². The fourth-order valence-corrected chi connectivity index (χ4v) is 5.01. The molecule has 2 aromatic carbocycles. The zero-order valence-corrected chi connectivity index (χ0v) is 15.3. The smallest absolute Gasteiger partial charge is 0.261 e. The van der Waals surface area contributed by atoms with Gasteiger partial charge in [0.2, 0.25) is 0 Å². The number of rotatable bonds is 1. The van der Waals surface area contributed by atoms with Crippen LogP contribution in [0.5, 0.6) is 0 Å². The summed E-state index contributed by atoms with van der Waals surface area (Å²) in [4.78, 5) is 16.3. The molecule has 1 aliphatic carbocycles. The van der Waals surface area contributed by atoms with Gasteiger partial charge in [-0.25, -0.2) is 5.01 Å². The second-order valence-corrected chi connectivity index (χ2v) is 8.29. The average molecular weight is 361 g/mol. The molecule has 130 valence electrons. The highest BCUT2D eigenvalue weighted by atomic mass is 32.2. The third-order valence-electron chi connectivity index (χ3n) is 5.40. The van der Waals surface area contributed by atoms with Crippen LogP contribution in [0.4, 0.5) is 0 Å². The van der Waals surface area contributed by atoms with Crippen molar-refractivity contribution in [3.05, 3.63) is 71.3 Å². The van der Waals surface area contributed by atoms with Gasteiger partial charge in [-0.15, -0.1) is 0 Å². The lowest BCUT2D eigenvalue weighted by molar-refractivity contribution is -0.116. The van der Waals surface area contributed by atoms with Crippen molar-refractivity contribution in [2.75, 3.05) is 0 Å². The normalized spacial score (nSPS) is 27.0. The summed E-state index contributed by atoms with van der Waals surface area (Å²) >= 11 is 1.52. The lowest BCUT2D eigenvalue weighted by atomic mass is 9.77. The molecule has 0 radical (unpaired) electrons. The largest absolute Gasteiger partial charge is 0.271 e. The van der Waals surface area contributed by atoms with Gasteiger partial charge in [0.05, 0.1) is 17.0 Å². The minimum absolute atomic E-state index is 0.0627. The van der Waals surface area contributed by atoms with E-state index < -0.39 is 0 Å². The van der Waals surface area contributed by atoms with E-state index in [9.17, 15) is 4.79 Å². The number of fused-ring (bicyclic) bond motifs is 3. The molecule has 1 unspecified atom stereocenters. The summed E-state index contributed by atoms with van der Waals surface area (Å²) in [6, 6.07) is 19.1. The van der Waals surface area contributed by atoms with Gasteiger partial charge in [0.1, 0.15) is 0 Å². The van der Waals surface area contributed by atoms with Gasteiger partial charge in [-0.2, -0.15) is 10.1 Å². The van der Waals surface area contributed by atoms with E-state index in [1.54, 1.807) is 0 Å². The number of benzene rings is 2.